The number of imidazole rings is 2. The molecule has 2 aromatic heterocycles. The molecule has 2 aliphatic heterocycles. The molecule has 2 aromatic carbocycles. The summed E-state index contributed by atoms with van der Waals surface area (Å²) in [4.78, 5) is 45.9. The van der Waals surface area contributed by atoms with Crippen LogP contribution in [-0.2, 0) is 18.9 Å². The van der Waals surface area contributed by atoms with E-state index in [9.17, 15) is 9.59 Å². The number of methoxy groups -OCH3 is 2. The van der Waals surface area contributed by atoms with Crippen LogP contribution in [0.5, 0.6) is 11.5 Å². The molecule has 6 rings (SSSR count). The minimum absolute atomic E-state index is 0.173. The largest absolute Gasteiger partial charge is 0.487 e. The molecule has 2 fully saturated rings. The number of hydrogen-bond acceptors (Lipinski definition) is 10. The van der Waals surface area contributed by atoms with E-state index in [4.69, 9.17) is 33.4 Å². The fourth-order valence-electron chi connectivity index (χ4n) is 7.05. The summed E-state index contributed by atoms with van der Waals surface area (Å²) in [6.07, 6.45) is 6.22. The van der Waals surface area contributed by atoms with Crippen LogP contribution in [0.2, 0.25) is 0 Å². The molecule has 56 heavy (non-hydrogen) atoms. The fraction of sp³-hybridized carbons (Fsp3) is 0.524. The first-order chi connectivity index (χ1) is 26.8. The van der Waals surface area contributed by atoms with Crippen molar-refractivity contribution in [3.63, 3.8) is 0 Å². The molecule has 2 N–H and O–H groups in total. The van der Waals surface area contributed by atoms with Gasteiger partial charge in [0.15, 0.2) is 11.5 Å². The topological polar surface area (TPSA) is 153 Å². The number of ether oxygens (including phenoxy) is 6. The van der Waals surface area contributed by atoms with Crippen molar-refractivity contribution in [3.05, 3.63) is 60.4 Å². The lowest BCUT2D eigenvalue weighted by Crippen LogP contribution is -2.36. The number of rotatable bonds is 13. The Hall–Kier alpha value is -5.08. The third-order valence-corrected chi connectivity index (χ3v) is 9.56. The zero-order valence-corrected chi connectivity index (χ0v) is 33.9. The summed E-state index contributed by atoms with van der Waals surface area (Å²) < 4.78 is 34.9. The summed E-state index contributed by atoms with van der Waals surface area (Å²) in [5, 5.41) is 0. The van der Waals surface area contributed by atoms with Gasteiger partial charge in [0.25, 0.3) is 0 Å². The molecule has 14 nitrogen and oxygen atoms in total. The van der Waals surface area contributed by atoms with Crippen molar-refractivity contribution in [3.8, 4) is 45.1 Å². The third kappa shape index (κ3) is 9.65. The Balaban J connectivity index is 1.29. The Bertz CT molecular complexity index is 1940. The summed E-state index contributed by atoms with van der Waals surface area (Å²) in [5.41, 5.74) is 3.86. The van der Waals surface area contributed by atoms with E-state index in [2.05, 4.69) is 15.0 Å². The predicted octanol–water partition coefficient (Wildman–Crippen LogP) is 8.33. The molecular weight excluding hydrogens is 716 g/mol. The molecule has 0 bridgehead atoms. The van der Waals surface area contributed by atoms with Gasteiger partial charge in [0.05, 0.1) is 49.1 Å². The molecule has 0 saturated carbocycles. The van der Waals surface area contributed by atoms with Gasteiger partial charge in [-0.15, -0.1) is 0 Å². The zero-order valence-electron chi connectivity index (χ0n) is 33.9. The molecule has 4 aromatic rings. The maximum atomic E-state index is 13.1. The number of H-pyrrole nitrogens is 2. The van der Waals surface area contributed by atoms with E-state index in [1.807, 2.05) is 84.1 Å². The number of benzene rings is 2. The number of nitrogens with zero attached hydrogens (tertiary/aromatic N) is 4. The number of carbonyl (C=O) groups excluding carboxylic acids is 2. The van der Waals surface area contributed by atoms with Gasteiger partial charge in [-0.25, -0.2) is 19.6 Å². The van der Waals surface area contributed by atoms with E-state index in [1.165, 1.54) is 0 Å². The number of likely N-dealkylation sites (tertiary alicyclic amines) is 2. The maximum Gasteiger partial charge on any atom is 0.410 e. The van der Waals surface area contributed by atoms with Gasteiger partial charge in [0.2, 0.25) is 0 Å². The monoisotopic (exact) mass is 772 g/mol. The Morgan fingerprint density at radius 3 is 1.59 bits per heavy atom. The number of amides is 2. The minimum atomic E-state index is -0.598. The smallest absolute Gasteiger partial charge is 0.410 e. The molecule has 14 heteroatoms. The molecule has 0 unspecified atom stereocenters. The summed E-state index contributed by atoms with van der Waals surface area (Å²) in [7, 11) is 3.26. The lowest BCUT2D eigenvalue weighted by Gasteiger charge is -2.27. The van der Waals surface area contributed by atoms with Crippen molar-refractivity contribution >= 4 is 12.2 Å². The summed E-state index contributed by atoms with van der Waals surface area (Å²) in [5.74, 6) is 2.51. The van der Waals surface area contributed by atoms with Crippen LogP contribution >= 0.6 is 0 Å². The standard InChI is InChI=1S/C42H56N6O8/c1-41(2,3)55-39(49)47-19-9-11-33(47)37-43-25-31(45-37)28-15-13-27(14-16-28)29-17-18-30(36(54-24-22-52-8)35(29)53-23-21-51-7)32-26-44-38(46-32)34-12-10-20-48(34)40(50)56-42(4,5)6/h13-18,25-26,33-34H,9-12,19-24H2,1-8H3,(H,43,45)(H,44,46)/t33-,34-/m0/s1. The van der Waals surface area contributed by atoms with Gasteiger partial charge in [-0.3, -0.25) is 9.80 Å². The Morgan fingerprint density at radius 2 is 1.09 bits per heavy atom. The first kappa shape index (κ1) is 40.6. The van der Waals surface area contributed by atoms with Crippen LogP contribution in [0.1, 0.15) is 91.0 Å². The average molecular weight is 773 g/mol. The highest BCUT2D eigenvalue weighted by Gasteiger charge is 2.36. The van der Waals surface area contributed by atoms with Crippen molar-refractivity contribution in [2.75, 3.05) is 53.7 Å². The third-order valence-electron chi connectivity index (χ3n) is 9.56. The first-order valence-electron chi connectivity index (χ1n) is 19.4. The highest BCUT2D eigenvalue weighted by atomic mass is 16.6. The van der Waals surface area contributed by atoms with Crippen LogP contribution in [-0.4, -0.2) is 107 Å². The van der Waals surface area contributed by atoms with Gasteiger partial charge in [-0.1, -0.05) is 24.3 Å². The Kier molecular flexibility index (Phi) is 12.6. The van der Waals surface area contributed by atoms with E-state index >= 15 is 0 Å². The van der Waals surface area contributed by atoms with Crippen molar-refractivity contribution in [1.29, 1.82) is 0 Å². The molecule has 0 radical (unpaired) electrons. The van der Waals surface area contributed by atoms with Crippen LogP contribution in [0.3, 0.4) is 0 Å². The summed E-state index contributed by atoms with van der Waals surface area (Å²) in [6, 6.07) is 11.7. The van der Waals surface area contributed by atoms with Gasteiger partial charge in [-0.05, 0) is 90.5 Å². The molecule has 4 heterocycles. The quantitative estimate of drug-likeness (QED) is 0.127. The molecule has 302 valence electrons. The maximum absolute atomic E-state index is 13.1. The minimum Gasteiger partial charge on any atom is -0.487 e. The zero-order chi connectivity index (χ0) is 40.0. The molecular formula is C42H56N6O8. The lowest BCUT2D eigenvalue weighted by molar-refractivity contribution is 0.0208. The number of nitrogens with one attached hydrogen (secondary N) is 2. The summed E-state index contributed by atoms with van der Waals surface area (Å²) >= 11 is 0. The van der Waals surface area contributed by atoms with Crippen molar-refractivity contribution in [2.45, 2.75) is 90.5 Å². The second-order valence-corrected chi connectivity index (χ2v) is 16.1. The molecule has 2 amide bonds. The normalized spacial score (nSPS) is 17.4. The second kappa shape index (κ2) is 17.4. The van der Waals surface area contributed by atoms with Crippen LogP contribution in [0, 0.1) is 0 Å². The molecule has 2 saturated heterocycles. The predicted molar refractivity (Wildman–Crippen MR) is 212 cm³/mol. The fourth-order valence-corrected chi connectivity index (χ4v) is 7.05. The van der Waals surface area contributed by atoms with Crippen molar-refractivity contribution in [2.24, 2.45) is 0 Å². The number of aromatic nitrogens is 4. The second-order valence-electron chi connectivity index (χ2n) is 16.1. The average Bonchev–Trinajstić information content (AvgIpc) is 3.97. The van der Waals surface area contributed by atoms with Gasteiger partial charge in [-0.2, -0.15) is 0 Å². The Morgan fingerprint density at radius 1 is 0.643 bits per heavy atom. The first-order valence-corrected chi connectivity index (χ1v) is 19.4. The number of hydrogen-bond donors (Lipinski definition) is 2. The van der Waals surface area contributed by atoms with Gasteiger partial charge < -0.3 is 38.4 Å². The van der Waals surface area contributed by atoms with Crippen LogP contribution in [0.25, 0.3) is 33.6 Å². The van der Waals surface area contributed by atoms with Crippen LogP contribution in [0.4, 0.5) is 9.59 Å². The highest BCUT2D eigenvalue weighted by Crippen LogP contribution is 2.46. The van der Waals surface area contributed by atoms with Crippen LogP contribution < -0.4 is 9.47 Å². The van der Waals surface area contributed by atoms with Crippen molar-refractivity contribution in [1.82, 2.24) is 29.7 Å². The molecule has 2 atom stereocenters. The van der Waals surface area contributed by atoms with E-state index in [-0.39, 0.29) is 30.9 Å². The van der Waals surface area contributed by atoms with Gasteiger partial charge >= 0.3 is 12.2 Å². The molecule has 0 spiro atoms. The highest BCUT2D eigenvalue weighted by molar-refractivity contribution is 5.83. The Labute approximate surface area is 329 Å². The van der Waals surface area contributed by atoms with Gasteiger partial charge in [0, 0.05) is 38.4 Å². The van der Waals surface area contributed by atoms with Gasteiger partial charge in [0.1, 0.15) is 36.1 Å². The van der Waals surface area contributed by atoms with E-state index in [1.54, 1.807) is 30.2 Å². The summed E-state index contributed by atoms with van der Waals surface area (Å²) in [6.45, 7) is 13.8. The lowest BCUT2D eigenvalue weighted by atomic mass is 9.98. The van der Waals surface area contributed by atoms with Crippen LogP contribution in [0.15, 0.2) is 48.8 Å². The number of carbonyl (C=O) groups is 2. The van der Waals surface area contributed by atoms with Crippen molar-refractivity contribution < 1.29 is 38.0 Å². The van der Waals surface area contributed by atoms with E-state index in [0.29, 0.717) is 50.2 Å². The molecule has 2 aliphatic rings. The van der Waals surface area contributed by atoms with E-state index < -0.39 is 11.2 Å². The molecule has 0 aliphatic carbocycles. The SMILES string of the molecule is COCCOc1c(-c2ccc(-c3cnc([C@@H]4CCCN4C(=O)OC(C)(C)C)[nH]3)cc2)ccc(-c2cnc([C@@H]3CCCN3C(=O)OC(C)(C)C)[nH]2)c1OCCOC. The van der Waals surface area contributed by atoms with E-state index in [0.717, 1.165) is 65.1 Å². The number of aromatic amines is 2.